The fraction of sp³-hybridized carbons (Fsp3) is 0.160. The summed E-state index contributed by atoms with van der Waals surface area (Å²) in [4.78, 5) is 12.8. The van der Waals surface area contributed by atoms with Gasteiger partial charge in [0.2, 0.25) is 0 Å². The van der Waals surface area contributed by atoms with E-state index in [2.05, 4.69) is 5.10 Å². The lowest BCUT2D eigenvalue weighted by Crippen LogP contribution is -2.42. The minimum absolute atomic E-state index is 0.222. The smallest absolute Gasteiger partial charge is 0.485 e. The van der Waals surface area contributed by atoms with Crippen LogP contribution in [0.5, 0.6) is 0 Å². The second-order valence-electron chi connectivity index (χ2n) is 7.56. The van der Waals surface area contributed by atoms with Gasteiger partial charge in [-0.05, 0) is 37.3 Å². The molecule has 3 aromatic carbocycles. The average Bonchev–Trinajstić information content (AvgIpc) is 3.25. The van der Waals surface area contributed by atoms with Crippen LogP contribution < -0.4 is 4.57 Å². The van der Waals surface area contributed by atoms with Crippen LogP contribution in [0.15, 0.2) is 84.9 Å². The molecule has 0 unspecified atom stereocenters. The highest BCUT2D eigenvalue weighted by molar-refractivity contribution is 7.86. The molecule has 1 aromatic heterocycles. The molecule has 38 heavy (non-hydrogen) atoms. The molecule has 0 aliphatic heterocycles. The first-order chi connectivity index (χ1) is 17.9. The summed E-state index contributed by atoms with van der Waals surface area (Å²) in [6.07, 6.45) is 0. The van der Waals surface area contributed by atoms with Crippen LogP contribution in [-0.4, -0.2) is 40.8 Å². The van der Waals surface area contributed by atoms with Crippen molar-refractivity contribution in [2.75, 3.05) is 6.61 Å². The lowest BCUT2D eigenvalue weighted by Gasteiger charge is -2.08. The van der Waals surface area contributed by atoms with E-state index >= 15 is 0 Å². The second kappa shape index (κ2) is 12.2. The van der Waals surface area contributed by atoms with Crippen LogP contribution in [0.3, 0.4) is 0 Å². The number of esters is 1. The summed E-state index contributed by atoms with van der Waals surface area (Å²) in [6, 6.07) is 27.2. The number of benzene rings is 3. The van der Waals surface area contributed by atoms with E-state index in [1.807, 2.05) is 89.5 Å². The molecule has 4 aromatic rings. The van der Waals surface area contributed by atoms with E-state index in [1.165, 1.54) is 0 Å². The Morgan fingerprint density at radius 2 is 1.53 bits per heavy atom. The van der Waals surface area contributed by atoms with Gasteiger partial charge in [-0.2, -0.15) is 13.2 Å². The molecule has 13 heteroatoms. The van der Waals surface area contributed by atoms with Crippen molar-refractivity contribution in [3.8, 4) is 17.1 Å². The quantitative estimate of drug-likeness (QED) is 0.144. The third-order valence-corrected chi connectivity index (χ3v) is 5.90. The maximum absolute atomic E-state index is 12.8. The zero-order valence-electron chi connectivity index (χ0n) is 19.8. The largest absolute Gasteiger partial charge is 0.741 e. The van der Waals surface area contributed by atoms with Crippen molar-refractivity contribution in [3.63, 3.8) is 0 Å². The fourth-order valence-electron chi connectivity index (χ4n) is 3.32. The van der Waals surface area contributed by atoms with E-state index in [4.69, 9.17) is 29.3 Å². The molecule has 0 saturated carbocycles. The Bertz CT molecular complexity index is 1500. The minimum Gasteiger partial charge on any atom is -0.741 e. The standard InChI is InChI=1S/C24H21ClN3O2.CHF3O3S/c1-2-30-24(29)22-26-28(20-14-7-4-8-15-20)23(18-11-5-3-6-12-18)27(22)17-19-13-9-10-16-21(19)25;2-1(3,4)8(5,6)7/h3-16H,2,17H2,1H3;(H,5,6,7)/q+1;/p-1. The first-order valence-corrected chi connectivity index (χ1v) is 12.8. The summed E-state index contributed by atoms with van der Waals surface area (Å²) >= 11 is 6.43. The summed E-state index contributed by atoms with van der Waals surface area (Å²) in [5, 5.41) is 5.29. The van der Waals surface area contributed by atoms with Crippen LogP contribution in [0.2, 0.25) is 5.02 Å². The first-order valence-electron chi connectivity index (χ1n) is 11.0. The maximum Gasteiger partial charge on any atom is 0.485 e. The number of rotatable bonds is 6. The van der Waals surface area contributed by atoms with E-state index in [0.717, 1.165) is 22.6 Å². The number of alkyl halides is 3. The molecule has 200 valence electrons. The highest BCUT2D eigenvalue weighted by Gasteiger charge is 2.37. The number of para-hydroxylation sites is 1. The lowest BCUT2D eigenvalue weighted by molar-refractivity contribution is -0.680. The first kappa shape index (κ1) is 28.8. The molecule has 0 bridgehead atoms. The van der Waals surface area contributed by atoms with E-state index in [0.29, 0.717) is 11.6 Å². The van der Waals surface area contributed by atoms with E-state index in [9.17, 15) is 18.0 Å². The van der Waals surface area contributed by atoms with Gasteiger partial charge in [-0.1, -0.05) is 70.9 Å². The molecule has 0 N–H and O–H groups in total. The molecule has 0 atom stereocenters. The minimum atomic E-state index is -6.09. The molecule has 0 aliphatic rings. The Morgan fingerprint density at radius 1 is 1.00 bits per heavy atom. The Hall–Kier alpha value is -3.74. The fourth-order valence-corrected chi connectivity index (χ4v) is 3.51. The van der Waals surface area contributed by atoms with Crippen molar-refractivity contribution in [2.45, 2.75) is 19.0 Å². The van der Waals surface area contributed by atoms with Crippen LogP contribution in [0.1, 0.15) is 23.1 Å². The summed E-state index contributed by atoms with van der Waals surface area (Å²) in [6.45, 7) is 2.43. The topological polar surface area (TPSA) is 105 Å². The van der Waals surface area contributed by atoms with Gasteiger partial charge in [-0.25, -0.2) is 17.8 Å². The number of ether oxygens (including phenoxy) is 1. The molecule has 0 fully saturated rings. The molecule has 4 rings (SSSR count). The van der Waals surface area contributed by atoms with Gasteiger partial charge in [0, 0.05) is 10.6 Å². The van der Waals surface area contributed by atoms with Crippen LogP contribution in [0.25, 0.3) is 17.1 Å². The zero-order chi connectivity index (χ0) is 27.9. The highest BCUT2D eigenvalue weighted by Crippen LogP contribution is 2.23. The van der Waals surface area contributed by atoms with E-state index in [1.54, 1.807) is 11.6 Å². The Labute approximate surface area is 221 Å². The van der Waals surface area contributed by atoms with E-state index < -0.39 is 21.6 Å². The number of carbonyl (C=O) groups excluding carboxylic acids is 1. The average molecular weight is 568 g/mol. The van der Waals surface area contributed by atoms with Gasteiger partial charge in [0.25, 0.3) is 5.82 Å². The number of nitrogens with zero attached hydrogens (tertiary/aromatic N) is 3. The van der Waals surface area contributed by atoms with Crippen molar-refractivity contribution in [1.29, 1.82) is 0 Å². The molecule has 0 saturated heterocycles. The Morgan fingerprint density at radius 3 is 2.05 bits per heavy atom. The van der Waals surface area contributed by atoms with Gasteiger partial charge >= 0.3 is 17.3 Å². The molecular weight excluding hydrogens is 547 g/mol. The van der Waals surface area contributed by atoms with Crippen molar-refractivity contribution >= 4 is 27.7 Å². The molecule has 0 amide bonds. The van der Waals surface area contributed by atoms with Crippen LogP contribution in [0, 0.1) is 0 Å². The van der Waals surface area contributed by atoms with E-state index in [-0.39, 0.29) is 12.4 Å². The SMILES string of the molecule is CCOC(=O)c1nn(-c2ccccc2)c(-c2ccccc2)[n+]1Cc1ccccc1Cl.O=S(=O)([O-])C(F)(F)F. The Kier molecular flexibility index (Phi) is 9.26. The van der Waals surface area contributed by atoms with Gasteiger partial charge in [-0.15, -0.1) is 0 Å². The van der Waals surface area contributed by atoms with Gasteiger partial charge in [0.1, 0.15) is 5.69 Å². The molecule has 8 nitrogen and oxygen atoms in total. The second-order valence-corrected chi connectivity index (χ2v) is 9.34. The van der Waals surface area contributed by atoms with Gasteiger partial charge in [0.05, 0.1) is 23.8 Å². The molecule has 0 aliphatic carbocycles. The number of hydrogen-bond acceptors (Lipinski definition) is 6. The predicted octanol–water partition coefficient (Wildman–Crippen LogP) is 4.76. The van der Waals surface area contributed by atoms with Crippen molar-refractivity contribution in [2.24, 2.45) is 0 Å². The molecular formula is C25H21ClF3N3O5S. The van der Waals surface area contributed by atoms with Crippen LogP contribution in [0.4, 0.5) is 13.2 Å². The summed E-state index contributed by atoms with van der Waals surface area (Å²) in [5.41, 5.74) is -2.98. The molecule has 1 heterocycles. The summed E-state index contributed by atoms with van der Waals surface area (Å²) in [5.74, 6) is 0.515. The summed E-state index contributed by atoms with van der Waals surface area (Å²) in [7, 11) is -6.09. The third-order valence-electron chi connectivity index (χ3n) is 4.97. The third kappa shape index (κ3) is 6.97. The van der Waals surface area contributed by atoms with Crippen LogP contribution >= 0.6 is 11.6 Å². The molecule has 0 radical (unpaired) electrons. The maximum atomic E-state index is 12.8. The van der Waals surface area contributed by atoms with Crippen molar-refractivity contribution in [3.05, 3.63) is 101 Å². The van der Waals surface area contributed by atoms with Gasteiger partial charge < -0.3 is 9.29 Å². The lowest BCUT2D eigenvalue weighted by atomic mass is 10.2. The number of aromatic nitrogens is 3. The number of hydrogen-bond donors (Lipinski definition) is 0. The number of halogens is 4. The van der Waals surface area contributed by atoms with Crippen molar-refractivity contribution in [1.82, 2.24) is 9.78 Å². The van der Waals surface area contributed by atoms with Crippen molar-refractivity contribution < 1.29 is 40.2 Å². The normalized spacial score (nSPS) is 11.4. The highest BCUT2D eigenvalue weighted by atomic mass is 35.5. The monoisotopic (exact) mass is 567 g/mol. The molecule has 0 spiro atoms. The zero-order valence-corrected chi connectivity index (χ0v) is 21.4. The van der Waals surface area contributed by atoms with Gasteiger partial charge in [-0.3, -0.25) is 0 Å². The Balaban J connectivity index is 0.000000436. The summed E-state index contributed by atoms with van der Waals surface area (Å²) < 4.78 is 67.8. The number of carbonyl (C=O) groups is 1. The van der Waals surface area contributed by atoms with Crippen LogP contribution in [-0.2, 0) is 21.4 Å². The predicted molar refractivity (Wildman–Crippen MR) is 131 cm³/mol. The van der Waals surface area contributed by atoms with Gasteiger partial charge in [0.15, 0.2) is 10.1 Å².